The van der Waals surface area contributed by atoms with Crippen molar-refractivity contribution in [1.29, 1.82) is 0 Å². The smallest absolute Gasteiger partial charge is 0.413 e. The maximum Gasteiger partial charge on any atom is 0.413 e. The van der Waals surface area contributed by atoms with Crippen LogP contribution in [0.2, 0.25) is 0 Å². The van der Waals surface area contributed by atoms with Crippen LogP contribution < -0.4 is 0 Å². The van der Waals surface area contributed by atoms with Crippen LogP contribution in [-0.2, 0) is 19.3 Å². The summed E-state index contributed by atoms with van der Waals surface area (Å²) in [5.74, 6) is -0.0223. The number of amides is 1. The van der Waals surface area contributed by atoms with E-state index in [4.69, 9.17) is 9.47 Å². The molecule has 1 amide bonds. The molecule has 168 valence electrons. The minimum absolute atomic E-state index is 0.0223. The van der Waals surface area contributed by atoms with Gasteiger partial charge < -0.3 is 9.47 Å². The minimum Gasteiger partial charge on any atom is -0.444 e. The molecule has 7 heteroatoms. The van der Waals surface area contributed by atoms with E-state index < -0.39 is 32.8 Å². The van der Waals surface area contributed by atoms with Crippen molar-refractivity contribution >= 4 is 15.9 Å². The van der Waals surface area contributed by atoms with Gasteiger partial charge in [-0.05, 0) is 73.4 Å². The van der Waals surface area contributed by atoms with E-state index in [9.17, 15) is 13.2 Å². The van der Waals surface area contributed by atoms with Gasteiger partial charge in [0.15, 0.2) is 9.84 Å². The maximum atomic E-state index is 12.9. The van der Waals surface area contributed by atoms with Crippen molar-refractivity contribution in [2.45, 2.75) is 83.1 Å². The average Bonchev–Trinajstić information content (AvgIpc) is 2.83. The SMILES string of the molecule is C/C(=C\CC[C@@]1(C)COC(C)(C)N1C(=O)OC(C)(C)C)CS(=O)(=O)c1ccccc1. The Morgan fingerprint density at radius 3 is 2.37 bits per heavy atom. The molecule has 2 rings (SSSR count). The Balaban J connectivity index is 2.08. The number of ether oxygens (including phenoxy) is 2. The van der Waals surface area contributed by atoms with E-state index in [-0.39, 0.29) is 5.75 Å². The highest BCUT2D eigenvalue weighted by Gasteiger charge is 2.52. The van der Waals surface area contributed by atoms with Gasteiger partial charge in [-0.2, -0.15) is 0 Å². The second-order valence-electron chi connectivity index (χ2n) is 9.71. The summed E-state index contributed by atoms with van der Waals surface area (Å²) in [4.78, 5) is 14.9. The molecule has 1 fully saturated rings. The Bertz CT molecular complexity index is 884. The van der Waals surface area contributed by atoms with Crippen LogP contribution in [0.3, 0.4) is 0 Å². The highest BCUT2D eigenvalue weighted by Crippen LogP contribution is 2.39. The van der Waals surface area contributed by atoms with Crippen molar-refractivity contribution < 1.29 is 22.7 Å². The largest absolute Gasteiger partial charge is 0.444 e. The van der Waals surface area contributed by atoms with Crippen LogP contribution in [-0.4, -0.2) is 48.6 Å². The van der Waals surface area contributed by atoms with Crippen LogP contribution in [0.25, 0.3) is 0 Å². The minimum atomic E-state index is -3.36. The lowest BCUT2D eigenvalue weighted by Gasteiger charge is -2.40. The summed E-state index contributed by atoms with van der Waals surface area (Å²) in [5.41, 5.74) is -1.13. The second kappa shape index (κ2) is 8.71. The summed E-state index contributed by atoms with van der Waals surface area (Å²) in [7, 11) is -3.36. The first-order valence-electron chi connectivity index (χ1n) is 10.3. The standard InChI is InChI=1S/C23H35NO5S/c1-18(16-30(26,27)19-13-9-8-10-14-19)12-11-15-23(7)17-28-22(5,6)24(23)20(25)29-21(2,3)4/h8-10,12-14H,11,15-17H2,1-7H3/b18-12+/t23-/m0/s1. The lowest BCUT2D eigenvalue weighted by molar-refractivity contribution is -0.0683. The molecule has 0 saturated carbocycles. The van der Waals surface area contributed by atoms with Crippen molar-refractivity contribution in [3.05, 3.63) is 42.0 Å². The number of sulfone groups is 1. The topological polar surface area (TPSA) is 72.9 Å². The molecule has 1 aliphatic heterocycles. The Morgan fingerprint density at radius 1 is 1.20 bits per heavy atom. The van der Waals surface area contributed by atoms with Gasteiger partial charge in [0, 0.05) is 0 Å². The van der Waals surface area contributed by atoms with E-state index in [1.807, 2.05) is 54.5 Å². The van der Waals surface area contributed by atoms with Gasteiger partial charge in [0.05, 0.1) is 22.8 Å². The molecule has 0 N–H and O–H groups in total. The number of hydrogen-bond acceptors (Lipinski definition) is 5. The molecule has 6 nitrogen and oxygen atoms in total. The van der Waals surface area contributed by atoms with E-state index in [0.717, 1.165) is 5.57 Å². The monoisotopic (exact) mass is 437 g/mol. The number of benzene rings is 1. The van der Waals surface area contributed by atoms with Gasteiger partial charge in [-0.1, -0.05) is 29.8 Å². The summed E-state index contributed by atoms with van der Waals surface area (Å²) < 4.78 is 36.6. The van der Waals surface area contributed by atoms with Gasteiger partial charge in [-0.15, -0.1) is 0 Å². The first-order chi connectivity index (χ1) is 13.7. The lowest BCUT2D eigenvalue weighted by atomic mass is 9.94. The molecule has 0 bridgehead atoms. The van der Waals surface area contributed by atoms with E-state index in [0.29, 0.717) is 24.3 Å². The molecular weight excluding hydrogens is 402 g/mol. The normalized spacial score (nSPS) is 22.2. The molecule has 1 saturated heterocycles. The molecule has 0 spiro atoms. The summed E-state index contributed by atoms with van der Waals surface area (Å²) in [6.45, 7) is 13.4. The molecule has 1 heterocycles. The van der Waals surface area contributed by atoms with Crippen LogP contribution in [0.4, 0.5) is 4.79 Å². The second-order valence-corrected chi connectivity index (χ2v) is 11.7. The predicted octanol–water partition coefficient (Wildman–Crippen LogP) is 4.95. The molecule has 0 aliphatic carbocycles. The number of allylic oxidation sites excluding steroid dienone is 1. The van der Waals surface area contributed by atoms with Gasteiger partial charge >= 0.3 is 6.09 Å². The highest BCUT2D eigenvalue weighted by molar-refractivity contribution is 7.91. The van der Waals surface area contributed by atoms with Crippen LogP contribution in [0.15, 0.2) is 46.9 Å². The zero-order valence-electron chi connectivity index (χ0n) is 19.2. The number of carbonyl (C=O) groups excluding carboxylic acids is 1. The zero-order valence-corrected chi connectivity index (χ0v) is 20.0. The van der Waals surface area contributed by atoms with Crippen molar-refractivity contribution in [3.8, 4) is 0 Å². The van der Waals surface area contributed by atoms with Crippen LogP contribution in [0.5, 0.6) is 0 Å². The van der Waals surface area contributed by atoms with Crippen molar-refractivity contribution in [2.75, 3.05) is 12.4 Å². The summed E-state index contributed by atoms with van der Waals surface area (Å²) in [6, 6.07) is 8.46. The van der Waals surface area contributed by atoms with E-state index >= 15 is 0 Å². The third-order valence-corrected chi connectivity index (χ3v) is 6.91. The predicted molar refractivity (Wildman–Crippen MR) is 118 cm³/mol. The van der Waals surface area contributed by atoms with E-state index in [1.165, 1.54) is 0 Å². The van der Waals surface area contributed by atoms with Crippen LogP contribution in [0.1, 0.15) is 61.3 Å². The maximum absolute atomic E-state index is 12.9. The van der Waals surface area contributed by atoms with Crippen LogP contribution >= 0.6 is 0 Å². The lowest BCUT2D eigenvalue weighted by Crippen LogP contribution is -2.55. The van der Waals surface area contributed by atoms with Gasteiger partial charge in [0.2, 0.25) is 0 Å². The first-order valence-corrected chi connectivity index (χ1v) is 11.9. The van der Waals surface area contributed by atoms with Crippen LogP contribution in [0, 0.1) is 0 Å². The highest BCUT2D eigenvalue weighted by atomic mass is 32.2. The van der Waals surface area contributed by atoms with E-state index in [1.54, 1.807) is 35.2 Å². The number of rotatable bonds is 6. The van der Waals surface area contributed by atoms with Gasteiger partial charge in [0.25, 0.3) is 0 Å². The average molecular weight is 438 g/mol. The summed E-state index contributed by atoms with van der Waals surface area (Å²) >= 11 is 0. The third kappa shape index (κ3) is 6.08. The Kier molecular flexibility index (Phi) is 7.09. The van der Waals surface area contributed by atoms with Crippen molar-refractivity contribution in [1.82, 2.24) is 4.90 Å². The van der Waals surface area contributed by atoms with Gasteiger partial charge in [0.1, 0.15) is 11.3 Å². The van der Waals surface area contributed by atoms with Crippen molar-refractivity contribution in [2.24, 2.45) is 0 Å². The number of nitrogens with zero attached hydrogens (tertiary/aromatic N) is 1. The Labute approximate surface area is 181 Å². The third-order valence-electron chi connectivity index (χ3n) is 5.09. The molecule has 0 radical (unpaired) electrons. The molecule has 30 heavy (non-hydrogen) atoms. The molecule has 0 unspecified atom stereocenters. The van der Waals surface area contributed by atoms with Gasteiger partial charge in [-0.25, -0.2) is 13.2 Å². The molecule has 1 aromatic rings. The molecule has 1 aromatic carbocycles. The molecule has 1 aliphatic rings. The zero-order chi connectivity index (χ0) is 22.8. The molecule has 1 atom stereocenters. The first kappa shape index (κ1) is 24.4. The molecule has 0 aromatic heterocycles. The van der Waals surface area contributed by atoms with Gasteiger partial charge in [-0.3, -0.25) is 4.90 Å². The number of hydrogen-bond donors (Lipinski definition) is 0. The van der Waals surface area contributed by atoms with Crippen molar-refractivity contribution in [3.63, 3.8) is 0 Å². The molecular formula is C23H35NO5S. The fraction of sp³-hybridized carbons (Fsp3) is 0.609. The summed E-state index contributed by atoms with van der Waals surface area (Å²) in [5, 5.41) is 0. The number of carbonyl (C=O) groups is 1. The van der Waals surface area contributed by atoms with E-state index in [2.05, 4.69) is 0 Å². The Hall–Kier alpha value is -1.86. The Morgan fingerprint density at radius 2 is 1.80 bits per heavy atom. The summed E-state index contributed by atoms with van der Waals surface area (Å²) in [6.07, 6.45) is 2.80. The fourth-order valence-electron chi connectivity index (χ4n) is 3.74. The quantitative estimate of drug-likeness (QED) is 0.589. The fourth-order valence-corrected chi connectivity index (χ4v) is 5.20.